The van der Waals surface area contributed by atoms with Crippen molar-refractivity contribution in [1.82, 2.24) is 4.90 Å². The maximum atomic E-state index is 13.4. The molecule has 3 nitrogen and oxygen atoms in total. The first kappa shape index (κ1) is 12.6. The lowest BCUT2D eigenvalue weighted by atomic mass is 10.2. The lowest BCUT2D eigenvalue weighted by molar-refractivity contribution is 0.0752. The molecule has 94 valence electrons. The Labute approximate surface area is 109 Å². The Hall–Kier alpha value is -1.81. The molecule has 0 N–H and O–H groups in total. The molecule has 1 aromatic heterocycles. The van der Waals surface area contributed by atoms with E-state index in [9.17, 15) is 9.18 Å². The third kappa shape index (κ3) is 2.71. The van der Waals surface area contributed by atoms with Gasteiger partial charge in [-0.1, -0.05) is 18.2 Å². The van der Waals surface area contributed by atoms with Gasteiger partial charge in [0.25, 0.3) is 5.91 Å². The van der Waals surface area contributed by atoms with Gasteiger partial charge < -0.3 is 9.32 Å². The van der Waals surface area contributed by atoms with Crippen molar-refractivity contribution in [3.05, 3.63) is 58.8 Å². The predicted octanol–water partition coefficient (Wildman–Crippen LogP) is 3.34. The number of nitrogens with zero attached hydrogens (tertiary/aromatic N) is 1. The molecule has 0 spiro atoms. The van der Waals surface area contributed by atoms with E-state index in [-0.39, 0.29) is 29.2 Å². The smallest absolute Gasteiger partial charge is 0.289 e. The Kier molecular flexibility index (Phi) is 3.67. The number of benzene rings is 1. The van der Waals surface area contributed by atoms with Gasteiger partial charge >= 0.3 is 0 Å². The van der Waals surface area contributed by atoms with E-state index in [2.05, 4.69) is 0 Å². The number of hydrogen-bond donors (Lipinski definition) is 0. The number of hydrogen-bond acceptors (Lipinski definition) is 2. The van der Waals surface area contributed by atoms with Crippen LogP contribution in [0.15, 0.2) is 40.8 Å². The summed E-state index contributed by atoms with van der Waals surface area (Å²) in [5.41, 5.74) is 0.450. The number of furan rings is 1. The molecule has 18 heavy (non-hydrogen) atoms. The third-order valence-electron chi connectivity index (χ3n) is 2.50. The molecule has 1 heterocycles. The highest BCUT2D eigenvalue weighted by atomic mass is 35.5. The Morgan fingerprint density at radius 1 is 1.33 bits per heavy atom. The van der Waals surface area contributed by atoms with Crippen molar-refractivity contribution in [3.63, 3.8) is 0 Å². The van der Waals surface area contributed by atoms with Crippen LogP contribution in [0.1, 0.15) is 16.1 Å². The van der Waals surface area contributed by atoms with Crippen molar-refractivity contribution < 1.29 is 13.6 Å². The fourth-order valence-corrected chi connectivity index (χ4v) is 1.72. The van der Waals surface area contributed by atoms with Crippen LogP contribution in [0.4, 0.5) is 4.39 Å². The van der Waals surface area contributed by atoms with Gasteiger partial charge in [-0.25, -0.2) is 4.39 Å². The lowest BCUT2D eigenvalue weighted by Crippen LogP contribution is -2.26. The summed E-state index contributed by atoms with van der Waals surface area (Å²) >= 11 is 5.60. The van der Waals surface area contributed by atoms with E-state index < -0.39 is 0 Å². The zero-order valence-corrected chi connectivity index (χ0v) is 10.4. The Morgan fingerprint density at radius 3 is 2.67 bits per heavy atom. The minimum absolute atomic E-state index is 0.138. The first-order chi connectivity index (χ1) is 8.58. The van der Waals surface area contributed by atoms with Gasteiger partial charge in [-0.15, -0.1) is 0 Å². The summed E-state index contributed by atoms with van der Waals surface area (Å²) in [6.45, 7) is 0.170. The third-order valence-corrected chi connectivity index (χ3v) is 2.70. The highest BCUT2D eigenvalue weighted by Gasteiger charge is 2.16. The minimum Gasteiger partial charge on any atom is -0.440 e. The van der Waals surface area contributed by atoms with Crippen LogP contribution in [0.2, 0.25) is 5.22 Å². The number of carbonyl (C=O) groups is 1. The summed E-state index contributed by atoms with van der Waals surface area (Å²) in [7, 11) is 1.57. The summed E-state index contributed by atoms with van der Waals surface area (Å²) in [5, 5.41) is 0.151. The standard InChI is InChI=1S/C13H11ClFNO2/c1-16(8-9-4-2-3-5-10(9)15)13(17)11-6-7-12(14)18-11/h2-7H,8H2,1H3. The van der Waals surface area contributed by atoms with E-state index in [1.807, 2.05) is 0 Å². The molecule has 0 aliphatic heterocycles. The van der Waals surface area contributed by atoms with Crippen LogP contribution in [0, 0.1) is 5.82 Å². The molecule has 0 atom stereocenters. The number of halogens is 2. The fraction of sp³-hybridized carbons (Fsp3) is 0.154. The molecule has 2 aromatic rings. The number of rotatable bonds is 3. The Balaban J connectivity index is 2.11. The van der Waals surface area contributed by atoms with Crippen molar-refractivity contribution >= 4 is 17.5 Å². The molecule has 0 saturated carbocycles. The summed E-state index contributed by atoms with van der Waals surface area (Å²) in [5.74, 6) is -0.543. The molecule has 0 unspecified atom stereocenters. The molecule has 0 fully saturated rings. The average Bonchev–Trinajstić information content (AvgIpc) is 2.78. The van der Waals surface area contributed by atoms with Gasteiger partial charge in [-0.2, -0.15) is 0 Å². The molecule has 0 aliphatic rings. The van der Waals surface area contributed by atoms with Crippen LogP contribution in [-0.2, 0) is 6.54 Å². The van der Waals surface area contributed by atoms with Gasteiger partial charge in [-0.3, -0.25) is 4.79 Å². The SMILES string of the molecule is CN(Cc1ccccc1F)C(=O)c1ccc(Cl)o1. The van der Waals surface area contributed by atoms with Crippen molar-refractivity contribution in [2.45, 2.75) is 6.54 Å². The van der Waals surface area contributed by atoms with E-state index in [4.69, 9.17) is 16.0 Å². The first-order valence-corrected chi connectivity index (χ1v) is 5.70. The van der Waals surface area contributed by atoms with Gasteiger partial charge in [-0.05, 0) is 29.8 Å². The van der Waals surface area contributed by atoms with Gasteiger partial charge in [0.05, 0.1) is 0 Å². The topological polar surface area (TPSA) is 33.5 Å². The van der Waals surface area contributed by atoms with Gasteiger partial charge in [0, 0.05) is 19.2 Å². The fourth-order valence-electron chi connectivity index (χ4n) is 1.57. The molecule has 5 heteroatoms. The van der Waals surface area contributed by atoms with Crippen molar-refractivity contribution in [2.75, 3.05) is 7.05 Å². The molecule has 1 amide bonds. The first-order valence-electron chi connectivity index (χ1n) is 5.32. The van der Waals surface area contributed by atoms with Crippen molar-refractivity contribution in [2.24, 2.45) is 0 Å². The molecule has 2 rings (SSSR count). The second-order valence-electron chi connectivity index (χ2n) is 3.86. The van der Waals surface area contributed by atoms with Crippen LogP contribution < -0.4 is 0 Å². The zero-order chi connectivity index (χ0) is 13.1. The second-order valence-corrected chi connectivity index (χ2v) is 4.23. The van der Waals surface area contributed by atoms with Gasteiger partial charge in [0.1, 0.15) is 5.82 Å². The minimum atomic E-state index is -0.342. The lowest BCUT2D eigenvalue weighted by Gasteiger charge is -2.16. The van der Waals surface area contributed by atoms with Crippen LogP contribution in [-0.4, -0.2) is 17.9 Å². The monoisotopic (exact) mass is 267 g/mol. The highest BCUT2D eigenvalue weighted by molar-refractivity contribution is 6.29. The van der Waals surface area contributed by atoms with Crippen LogP contribution in [0.3, 0.4) is 0 Å². The van der Waals surface area contributed by atoms with Crippen molar-refractivity contribution in [3.8, 4) is 0 Å². The maximum Gasteiger partial charge on any atom is 0.289 e. The largest absolute Gasteiger partial charge is 0.440 e. The second kappa shape index (κ2) is 5.23. The maximum absolute atomic E-state index is 13.4. The number of carbonyl (C=O) groups excluding carboxylic acids is 1. The van der Waals surface area contributed by atoms with E-state index in [1.165, 1.54) is 23.1 Å². The number of amides is 1. The molecule has 0 saturated heterocycles. The summed E-state index contributed by atoms with van der Waals surface area (Å²) in [4.78, 5) is 13.3. The summed E-state index contributed by atoms with van der Waals surface area (Å²) in [6, 6.07) is 9.30. The summed E-state index contributed by atoms with van der Waals surface area (Å²) in [6.07, 6.45) is 0. The molecule has 0 radical (unpaired) electrons. The van der Waals surface area contributed by atoms with E-state index in [0.717, 1.165) is 0 Å². The van der Waals surface area contributed by atoms with Crippen LogP contribution in [0.5, 0.6) is 0 Å². The zero-order valence-electron chi connectivity index (χ0n) is 9.69. The highest BCUT2D eigenvalue weighted by Crippen LogP contribution is 2.16. The van der Waals surface area contributed by atoms with E-state index >= 15 is 0 Å². The van der Waals surface area contributed by atoms with Gasteiger partial charge in [0.15, 0.2) is 11.0 Å². The Morgan fingerprint density at radius 2 is 2.06 bits per heavy atom. The molecule has 1 aromatic carbocycles. The van der Waals surface area contributed by atoms with Crippen LogP contribution in [0.25, 0.3) is 0 Å². The summed E-state index contributed by atoms with van der Waals surface area (Å²) < 4.78 is 18.5. The molecule has 0 aliphatic carbocycles. The van der Waals surface area contributed by atoms with E-state index in [1.54, 1.807) is 25.2 Å². The normalized spacial score (nSPS) is 10.4. The molecular formula is C13H11ClFNO2. The van der Waals surface area contributed by atoms with E-state index in [0.29, 0.717) is 5.56 Å². The molecular weight excluding hydrogens is 257 g/mol. The quantitative estimate of drug-likeness (QED) is 0.854. The van der Waals surface area contributed by atoms with Crippen molar-refractivity contribution in [1.29, 1.82) is 0 Å². The Bertz CT molecular complexity index is 568. The van der Waals surface area contributed by atoms with Gasteiger partial charge in [0.2, 0.25) is 0 Å². The predicted molar refractivity (Wildman–Crippen MR) is 65.9 cm³/mol. The average molecular weight is 268 g/mol. The van der Waals surface area contributed by atoms with Crippen LogP contribution >= 0.6 is 11.6 Å². The molecule has 0 bridgehead atoms.